The summed E-state index contributed by atoms with van der Waals surface area (Å²) in [4.78, 5) is 11.6. The Balaban J connectivity index is 2.21. The molecule has 0 aromatic heterocycles. The molecule has 1 saturated carbocycles. The molecule has 1 atom stereocenters. The summed E-state index contributed by atoms with van der Waals surface area (Å²) < 4.78 is 4.75. The smallest absolute Gasteiger partial charge is 0.337 e. The Morgan fingerprint density at radius 2 is 2.15 bits per heavy atom. The van der Waals surface area contributed by atoms with Crippen LogP contribution in [0.2, 0.25) is 0 Å². The minimum atomic E-state index is -0.337. The van der Waals surface area contributed by atoms with Gasteiger partial charge in [-0.15, -0.1) is 0 Å². The molecule has 3 N–H and O–H groups in total. The molecule has 2 rings (SSSR count). The number of methoxy groups -OCH3 is 1. The summed E-state index contributed by atoms with van der Waals surface area (Å²) in [6, 6.07) is 5.61. The largest absolute Gasteiger partial charge is 0.465 e. The Morgan fingerprint density at radius 1 is 1.40 bits per heavy atom. The van der Waals surface area contributed by atoms with Crippen LogP contribution < -0.4 is 11.1 Å². The molecule has 0 radical (unpaired) electrons. The normalized spacial score (nSPS) is 21.2. The minimum Gasteiger partial charge on any atom is -0.465 e. The zero-order chi connectivity index (χ0) is 14.8. The quantitative estimate of drug-likeness (QED) is 0.655. The lowest BCUT2D eigenvalue weighted by molar-refractivity contribution is 0.0601. The second-order valence-electron chi connectivity index (χ2n) is 6.22. The fraction of sp³-hybridized carbons (Fsp3) is 0.562. The van der Waals surface area contributed by atoms with Crippen molar-refractivity contribution >= 4 is 17.3 Å². The number of nitrogen functional groups attached to an aromatic ring is 1. The predicted molar refractivity (Wildman–Crippen MR) is 81.9 cm³/mol. The molecule has 4 nitrogen and oxygen atoms in total. The number of nitrogens with two attached hydrogens (primary N) is 1. The number of nitrogens with one attached hydrogen (secondary N) is 1. The van der Waals surface area contributed by atoms with E-state index < -0.39 is 0 Å². The van der Waals surface area contributed by atoms with Crippen LogP contribution in [0.15, 0.2) is 18.2 Å². The number of anilines is 2. The van der Waals surface area contributed by atoms with Crippen LogP contribution in [-0.4, -0.2) is 19.1 Å². The van der Waals surface area contributed by atoms with Gasteiger partial charge in [0.05, 0.1) is 24.0 Å². The van der Waals surface area contributed by atoms with E-state index in [0.717, 1.165) is 12.1 Å². The van der Waals surface area contributed by atoms with Crippen molar-refractivity contribution in [3.05, 3.63) is 23.8 Å². The maximum Gasteiger partial charge on any atom is 0.337 e. The van der Waals surface area contributed by atoms with Gasteiger partial charge in [-0.1, -0.05) is 26.7 Å². The van der Waals surface area contributed by atoms with Gasteiger partial charge in [0, 0.05) is 6.04 Å². The lowest BCUT2D eigenvalue weighted by Gasteiger charge is -2.39. The zero-order valence-corrected chi connectivity index (χ0v) is 12.5. The first-order valence-electron chi connectivity index (χ1n) is 7.18. The van der Waals surface area contributed by atoms with E-state index in [1.54, 1.807) is 18.2 Å². The average molecular weight is 276 g/mol. The topological polar surface area (TPSA) is 64.3 Å². The van der Waals surface area contributed by atoms with Gasteiger partial charge in [-0.25, -0.2) is 4.79 Å². The molecule has 20 heavy (non-hydrogen) atoms. The van der Waals surface area contributed by atoms with Crippen molar-refractivity contribution in [2.45, 2.75) is 45.6 Å². The molecule has 110 valence electrons. The van der Waals surface area contributed by atoms with E-state index in [-0.39, 0.29) is 11.4 Å². The summed E-state index contributed by atoms with van der Waals surface area (Å²) in [5.74, 6) is -0.337. The second-order valence-corrected chi connectivity index (χ2v) is 6.22. The van der Waals surface area contributed by atoms with Gasteiger partial charge in [0.25, 0.3) is 0 Å². The number of esters is 1. The Hall–Kier alpha value is -1.71. The fourth-order valence-corrected chi connectivity index (χ4v) is 2.88. The second kappa shape index (κ2) is 5.73. The van der Waals surface area contributed by atoms with E-state index in [9.17, 15) is 4.79 Å². The molecule has 4 heteroatoms. The molecule has 1 aromatic rings. The van der Waals surface area contributed by atoms with Gasteiger partial charge in [-0.3, -0.25) is 0 Å². The van der Waals surface area contributed by atoms with Crippen molar-refractivity contribution in [3.8, 4) is 0 Å². The van der Waals surface area contributed by atoms with Gasteiger partial charge in [0.1, 0.15) is 0 Å². The monoisotopic (exact) mass is 276 g/mol. The number of hydrogen-bond donors (Lipinski definition) is 2. The molecule has 0 amide bonds. The van der Waals surface area contributed by atoms with Crippen LogP contribution in [0, 0.1) is 5.41 Å². The molecular formula is C16H24N2O2. The van der Waals surface area contributed by atoms with Gasteiger partial charge in [0.2, 0.25) is 0 Å². The lowest BCUT2D eigenvalue weighted by Crippen LogP contribution is -2.39. The summed E-state index contributed by atoms with van der Waals surface area (Å²) >= 11 is 0. The highest BCUT2D eigenvalue weighted by Gasteiger charge is 2.32. The number of benzene rings is 1. The van der Waals surface area contributed by atoms with Crippen LogP contribution >= 0.6 is 0 Å². The van der Waals surface area contributed by atoms with Gasteiger partial charge < -0.3 is 15.8 Å². The first-order chi connectivity index (χ1) is 9.44. The van der Waals surface area contributed by atoms with Gasteiger partial charge in [0.15, 0.2) is 0 Å². The summed E-state index contributed by atoms with van der Waals surface area (Å²) in [6.07, 6.45) is 4.86. The first-order valence-corrected chi connectivity index (χ1v) is 7.18. The van der Waals surface area contributed by atoms with Gasteiger partial charge >= 0.3 is 5.97 Å². The predicted octanol–water partition coefficient (Wildman–Crippen LogP) is 3.44. The van der Waals surface area contributed by atoms with E-state index in [0.29, 0.717) is 17.3 Å². The lowest BCUT2D eigenvalue weighted by atomic mass is 9.73. The Bertz CT molecular complexity index is 497. The standard InChI is InChI=1S/C16H24N2O2/c1-16(2)9-5-4-6-14(16)18-13-10-11(15(19)20-3)7-8-12(13)17/h7-8,10,14,18H,4-6,9,17H2,1-3H3. The van der Waals surface area contributed by atoms with E-state index >= 15 is 0 Å². The van der Waals surface area contributed by atoms with Crippen LogP contribution in [0.3, 0.4) is 0 Å². The average Bonchev–Trinajstić information content (AvgIpc) is 2.42. The van der Waals surface area contributed by atoms with E-state index in [1.807, 2.05) is 0 Å². The molecule has 1 fully saturated rings. The number of carbonyl (C=O) groups excluding carboxylic acids is 1. The minimum absolute atomic E-state index is 0.242. The molecule has 0 heterocycles. The maximum absolute atomic E-state index is 11.6. The molecular weight excluding hydrogens is 252 g/mol. The summed E-state index contributed by atoms with van der Waals surface area (Å²) in [5.41, 5.74) is 8.28. The highest BCUT2D eigenvalue weighted by molar-refractivity contribution is 5.92. The van der Waals surface area contributed by atoms with Crippen LogP contribution in [0.5, 0.6) is 0 Å². The van der Waals surface area contributed by atoms with Gasteiger partial charge in [-0.2, -0.15) is 0 Å². The summed E-state index contributed by atoms with van der Waals surface area (Å²) in [5, 5.41) is 3.53. The van der Waals surface area contributed by atoms with Crippen LogP contribution in [0.4, 0.5) is 11.4 Å². The Morgan fingerprint density at radius 3 is 2.80 bits per heavy atom. The molecule has 1 aromatic carbocycles. The molecule has 0 spiro atoms. The molecule has 0 bridgehead atoms. The van der Waals surface area contributed by atoms with E-state index in [1.165, 1.54) is 26.4 Å². The van der Waals surface area contributed by atoms with E-state index in [4.69, 9.17) is 10.5 Å². The SMILES string of the molecule is COC(=O)c1ccc(N)c(NC2CCCCC2(C)C)c1. The highest BCUT2D eigenvalue weighted by atomic mass is 16.5. The maximum atomic E-state index is 11.6. The van der Waals surface area contributed by atoms with Crippen molar-refractivity contribution in [1.29, 1.82) is 0 Å². The van der Waals surface area contributed by atoms with Crippen molar-refractivity contribution in [2.75, 3.05) is 18.2 Å². The van der Waals surface area contributed by atoms with Crippen molar-refractivity contribution in [1.82, 2.24) is 0 Å². The molecule has 1 unspecified atom stereocenters. The third-order valence-electron chi connectivity index (χ3n) is 4.31. The first kappa shape index (κ1) is 14.7. The van der Waals surface area contributed by atoms with Crippen LogP contribution in [0.25, 0.3) is 0 Å². The number of carbonyl (C=O) groups is 1. The number of ether oxygens (including phenoxy) is 1. The molecule has 0 aliphatic heterocycles. The van der Waals surface area contributed by atoms with Crippen LogP contribution in [-0.2, 0) is 4.74 Å². The number of rotatable bonds is 3. The summed E-state index contributed by atoms with van der Waals surface area (Å²) in [7, 11) is 1.38. The Kier molecular flexibility index (Phi) is 4.21. The summed E-state index contributed by atoms with van der Waals surface area (Å²) in [6.45, 7) is 4.56. The fourth-order valence-electron chi connectivity index (χ4n) is 2.88. The molecule has 1 aliphatic rings. The molecule has 0 saturated heterocycles. The van der Waals surface area contributed by atoms with Crippen molar-refractivity contribution in [3.63, 3.8) is 0 Å². The zero-order valence-electron chi connectivity index (χ0n) is 12.5. The third kappa shape index (κ3) is 3.06. The number of hydrogen-bond acceptors (Lipinski definition) is 4. The van der Waals surface area contributed by atoms with Crippen molar-refractivity contribution < 1.29 is 9.53 Å². The third-order valence-corrected chi connectivity index (χ3v) is 4.31. The van der Waals surface area contributed by atoms with E-state index in [2.05, 4.69) is 19.2 Å². The van der Waals surface area contributed by atoms with Crippen LogP contribution in [0.1, 0.15) is 49.9 Å². The van der Waals surface area contributed by atoms with Crippen molar-refractivity contribution in [2.24, 2.45) is 5.41 Å². The molecule has 1 aliphatic carbocycles. The van der Waals surface area contributed by atoms with Gasteiger partial charge in [-0.05, 0) is 36.5 Å². The highest BCUT2D eigenvalue weighted by Crippen LogP contribution is 2.38. The Labute approximate surface area is 120 Å².